The van der Waals surface area contributed by atoms with Crippen molar-refractivity contribution in [2.24, 2.45) is 0 Å². The number of carboxylic acids is 1. The highest BCUT2D eigenvalue weighted by Crippen LogP contribution is 2.24. The quantitative estimate of drug-likeness (QED) is 0.769. The molecule has 0 bridgehead atoms. The molecule has 0 aromatic heterocycles. The summed E-state index contributed by atoms with van der Waals surface area (Å²) in [4.78, 5) is 23.6. The zero-order chi connectivity index (χ0) is 15.9. The number of Topliss-reactive ketones (excluding diaryl/α,β-unsaturated/α-hetero) is 1. The van der Waals surface area contributed by atoms with Crippen molar-refractivity contribution in [3.8, 4) is 5.75 Å². The molecule has 0 aliphatic carbocycles. The first kappa shape index (κ1) is 15.6. The standard InChI is InChI=1S/C17H17NO4/c1-22-16-10-6-5-9-13(16)18-14(17(20)21)11-15(19)12-7-3-2-4-8-12/h2-10,14,18H,11H2,1H3,(H,20,21)/t14-/m0/s1. The third-order valence-electron chi connectivity index (χ3n) is 3.22. The predicted molar refractivity (Wildman–Crippen MR) is 83.4 cm³/mol. The maximum Gasteiger partial charge on any atom is 0.326 e. The van der Waals surface area contributed by atoms with Gasteiger partial charge in [-0.2, -0.15) is 0 Å². The van der Waals surface area contributed by atoms with Gasteiger partial charge in [0.15, 0.2) is 5.78 Å². The van der Waals surface area contributed by atoms with E-state index in [0.29, 0.717) is 17.0 Å². The lowest BCUT2D eigenvalue weighted by Crippen LogP contribution is -2.32. The van der Waals surface area contributed by atoms with Gasteiger partial charge in [0, 0.05) is 12.0 Å². The minimum atomic E-state index is -1.09. The summed E-state index contributed by atoms with van der Waals surface area (Å²) >= 11 is 0. The van der Waals surface area contributed by atoms with Gasteiger partial charge >= 0.3 is 5.97 Å². The van der Waals surface area contributed by atoms with Crippen LogP contribution in [-0.2, 0) is 4.79 Å². The number of rotatable bonds is 7. The van der Waals surface area contributed by atoms with E-state index >= 15 is 0 Å². The van der Waals surface area contributed by atoms with Crippen molar-refractivity contribution >= 4 is 17.4 Å². The van der Waals surface area contributed by atoms with E-state index in [4.69, 9.17) is 4.74 Å². The molecule has 22 heavy (non-hydrogen) atoms. The molecular formula is C17H17NO4. The Kier molecular flexibility index (Phi) is 5.14. The fourth-order valence-electron chi connectivity index (χ4n) is 2.08. The summed E-state index contributed by atoms with van der Waals surface area (Å²) in [5, 5.41) is 12.2. The largest absolute Gasteiger partial charge is 0.495 e. The number of carbonyl (C=O) groups is 2. The lowest BCUT2D eigenvalue weighted by molar-refractivity contribution is -0.137. The molecule has 2 rings (SSSR count). The number of aliphatic carboxylic acids is 1. The van der Waals surface area contributed by atoms with Gasteiger partial charge in [-0.3, -0.25) is 4.79 Å². The number of carboxylic acid groups (broad SMARTS) is 1. The van der Waals surface area contributed by atoms with Crippen molar-refractivity contribution in [2.75, 3.05) is 12.4 Å². The number of benzene rings is 2. The molecule has 0 aliphatic rings. The molecule has 2 aromatic carbocycles. The summed E-state index contributed by atoms with van der Waals surface area (Å²) in [6.45, 7) is 0. The summed E-state index contributed by atoms with van der Waals surface area (Å²) < 4.78 is 5.18. The molecule has 0 unspecified atom stereocenters. The highest BCUT2D eigenvalue weighted by molar-refractivity contribution is 5.99. The Balaban J connectivity index is 2.14. The van der Waals surface area contributed by atoms with E-state index in [2.05, 4.69) is 5.32 Å². The molecule has 5 heteroatoms. The van der Waals surface area contributed by atoms with Gasteiger partial charge in [-0.25, -0.2) is 4.79 Å². The van der Waals surface area contributed by atoms with Crippen molar-refractivity contribution in [1.82, 2.24) is 0 Å². The molecule has 0 fully saturated rings. The smallest absolute Gasteiger partial charge is 0.326 e. The van der Waals surface area contributed by atoms with Crippen LogP contribution in [0.2, 0.25) is 0 Å². The normalized spacial score (nSPS) is 11.5. The third-order valence-corrected chi connectivity index (χ3v) is 3.22. The Morgan fingerprint density at radius 1 is 1.09 bits per heavy atom. The van der Waals surface area contributed by atoms with Crippen LogP contribution >= 0.6 is 0 Å². The summed E-state index contributed by atoms with van der Waals surface area (Å²) in [5.41, 5.74) is 1.04. The van der Waals surface area contributed by atoms with Crippen molar-refractivity contribution < 1.29 is 19.4 Å². The Morgan fingerprint density at radius 2 is 1.73 bits per heavy atom. The SMILES string of the molecule is COc1ccccc1N[C@@H](CC(=O)c1ccccc1)C(=O)O. The van der Waals surface area contributed by atoms with Gasteiger partial charge in [-0.1, -0.05) is 42.5 Å². The number of hydrogen-bond acceptors (Lipinski definition) is 4. The van der Waals surface area contributed by atoms with E-state index in [1.165, 1.54) is 7.11 Å². The second kappa shape index (κ2) is 7.26. The summed E-state index contributed by atoms with van der Waals surface area (Å²) in [7, 11) is 1.51. The average Bonchev–Trinajstić information content (AvgIpc) is 2.55. The highest BCUT2D eigenvalue weighted by atomic mass is 16.5. The molecule has 0 saturated carbocycles. The minimum Gasteiger partial charge on any atom is -0.495 e. The van der Waals surface area contributed by atoms with Crippen molar-refractivity contribution in [3.63, 3.8) is 0 Å². The van der Waals surface area contributed by atoms with E-state index in [1.807, 2.05) is 0 Å². The summed E-state index contributed by atoms with van der Waals surface area (Å²) in [6.07, 6.45) is -0.141. The Labute approximate surface area is 128 Å². The van der Waals surface area contributed by atoms with E-state index in [0.717, 1.165) is 0 Å². The van der Waals surface area contributed by atoms with Crippen molar-refractivity contribution in [2.45, 2.75) is 12.5 Å². The lowest BCUT2D eigenvalue weighted by atomic mass is 10.0. The molecule has 0 amide bonds. The van der Waals surface area contributed by atoms with Gasteiger partial charge in [0.1, 0.15) is 11.8 Å². The van der Waals surface area contributed by atoms with E-state index in [1.54, 1.807) is 54.6 Å². The number of para-hydroxylation sites is 2. The van der Waals surface area contributed by atoms with Gasteiger partial charge in [0.25, 0.3) is 0 Å². The van der Waals surface area contributed by atoms with E-state index in [9.17, 15) is 14.7 Å². The number of methoxy groups -OCH3 is 1. The topological polar surface area (TPSA) is 75.6 Å². The van der Waals surface area contributed by atoms with Crippen molar-refractivity contribution in [3.05, 3.63) is 60.2 Å². The third kappa shape index (κ3) is 3.85. The molecular weight excluding hydrogens is 282 g/mol. The maximum atomic E-state index is 12.2. The monoisotopic (exact) mass is 299 g/mol. The molecule has 0 spiro atoms. The van der Waals surface area contributed by atoms with Crippen LogP contribution in [0, 0.1) is 0 Å². The zero-order valence-electron chi connectivity index (χ0n) is 12.2. The van der Waals surface area contributed by atoms with Gasteiger partial charge < -0.3 is 15.2 Å². The molecule has 0 saturated heterocycles. The number of ketones is 1. The number of carbonyl (C=O) groups excluding carboxylic acids is 1. The first-order valence-corrected chi connectivity index (χ1v) is 6.82. The molecule has 2 aromatic rings. The molecule has 2 N–H and O–H groups in total. The fraction of sp³-hybridized carbons (Fsp3) is 0.176. The molecule has 0 aliphatic heterocycles. The van der Waals surface area contributed by atoms with Crippen LogP contribution in [0.3, 0.4) is 0 Å². The van der Waals surface area contributed by atoms with Crippen LogP contribution in [0.5, 0.6) is 5.75 Å². The summed E-state index contributed by atoms with van der Waals surface area (Å²) in [5.74, 6) is -0.786. The van der Waals surface area contributed by atoms with Gasteiger partial charge in [0.2, 0.25) is 0 Å². The van der Waals surface area contributed by atoms with E-state index < -0.39 is 12.0 Å². The van der Waals surface area contributed by atoms with Crippen LogP contribution in [0.4, 0.5) is 5.69 Å². The predicted octanol–water partition coefficient (Wildman–Crippen LogP) is 2.83. The van der Waals surface area contributed by atoms with Crippen LogP contribution in [0.25, 0.3) is 0 Å². The second-order valence-corrected chi connectivity index (χ2v) is 4.73. The molecule has 114 valence electrons. The molecule has 0 radical (unpaired) electrons. The molecule has 1 atom stereocenters. The van der Waals surface area contributed by atoms with Crippen LogP contribution in [0.1, 0.15) is 16.8 Å². The first-order valence-electron chi connectivity index (χ1n) is 6.82. The van der Waals surface area contributed by atoms with E-state index in [-0.39, 0.29) is 12.2 Å². The second-order valence-electron chi connectivity index (χ2n) is 4.73. The fourth-order valence-corrected chi connectivity index (χ4v) is 2.08. The van der Waals surface area contributed by atoms with Crippen molar-refractivity contribution in [1.29, 1.82) is 0 Å². The Hall–Kier alpha value is -2.82. The zero-order valence-corrected chi connectivity index (χ0v) is 12.2. The number of ether oxygens (including phenoxy) is 1. The highest BCUT2D eigenvalue weighted by Gasteiger charge is 2.22. The number of hydrogen-bond donors (Lipinski definition) is 2. The maximum absolute atomic E-state index is 12.2. The van der Waals surface area contributed by atoms with Gasteiger partial charge in [-0.15, -0.1) is 0 Å². The van der Waals surface area contributed by atoms with Crippen LogP contribution in [-0.4, -0.2) is 30.0 Å². The molecule has 0 heterocycles. The van der Waals surface area contributed by atoms with Gasteiger partial charge in [-0.05, 0) is 12.1 Å². The average molecular weight is 299 g/mol. The minimum absolute atomic E-state index is 0.141. The lowest BCUT2D eigenvalue weighted by Gasteiger charge is -2.17. The Bertz CT molecular complexity index is 655. The summed E-state index contributed by atoms with van der Waals surface area (Å²) in [6, 6.07) is 14.6. The van der Waals surface area contributed by atoms with Crippen LogP contribution < -0.4 is 10.1 Å². The first-order chi connectivity index (χ1) is 10.6. The molecule has 5 nitrogen and oxygen atoms in total. The number of anilines is 1. The number of nitrogens with one attached hydrogen (secondary N) is 1. The van der Waals surface area contributed by atoms with Crippen LogP contribution in [0.15, 0.2) is 54.6 Å². The van der Waals surface area contributed by atoms with Gasteiger partial charge in [0.05, 0.1) is 12.8 Å². The Morgan fingerprint density at radius 3 is 2.36 bits per heavy atom.